The lowest BCUT2D eigenvalue weighted by Crippen LogP contribution is -2.45. The van der Waals surface area contributed by atoms with Crippen molar-refractivity contribution in [2.75, 3.05) is 36.0 Å². The number of pyridine rings is 1. The Hall–Kier alpha value is -2.42. The lowest BCUT2D eigenvalue weighted by Gasteiger charge is -2.34. The molecule has 2 fully saturated rings. The molecule has 4 heterocycles. The highest BCUT2D eigenvalue weighted by molar-refractivity contribution is 5.78. The summed E-state index contributed by atoms with van der Waals surface area (Å²) >= 11 is 0. The number of morpholine rings is 1. The van der Waals surface area contributed by atoms with E-state index >= 15 is 0 Å². The summed E-state index contributed by atoms with van der Waals surface area (Å²) in [6.45, 7) is 6.90. The Morgan fingerprint density at radius 2 is 1.81 bits per heavy atom. The predicted octanol–water partition coefficient (Wildman–Crippen LogP) is 2.73. The molecule has 26 heavy (non-hydrogen) atoms. The van der Waals surface area contributed by atoms with Crippen LogP contribution in [0.1, 0.15) is 33.1 Å². The van der Waals surface area contributed by atoms with Gasteiger partial charge in [0, 0.05) is 26.2 Å². The maximum absolute atomic E-state index is 11.6. The Kier molecular flexibility index (Phi) is 4.39. The van der Waals surface area contributed by atoms with E-state index in [2.05, 4.69) is 9.97 Å². The second-order valence-corrected chi connectivity index (χ2v) is 7.12. The fourth-order valence-electron chi connectivity index (χ4n) is 3.78. The van der Waals surface area contributed by atoms with Crippen LogP contribution >= 0.6 is 0 Å². The minimum atomic E-state index is -0.391. The van der Waals surface area contributed by atoms with E-state index in [0.29, 0.717) is 36.2 Å². The van der Waals surface area contributed by atoms with Gasteiger partial charge in [-0.1, -0.05) is 0 Å². The minimum absolute atomic E-state index is 0.0224. The van der Waals surface area contributed by atoms with Crippen LogP contribution in [0.3, 0.4) is 0 Å². The number of fused-ring (bicyclic) bond motifs is 1. The third kappa shape index (κ3) is 3.18. The van der Waals surface area contributed by atoms with Crippen molar-refractivity contribution < 1.29 is 14.1 Å². The molecule has 9 heteroatoms. The number of hydrogen-bond acceptors (Lipinski definition) is 8. The number of piperidine rings is 1. The number of ether oxygens (including phenoxy) is 1. The molecule has 0 saturated carbocycles. The number of nitro groups is 1. The summed E-state index contributed by atoms with van der Waals surface area (Å²) in [5.41, 5.74) is 0.739. The van der Waals surface area contributed by atoms with Crippen LogP contribution in [0.15, 0.2) is 10.5 Å². The van der Waals surface area contributed by atoms with E-state index in [9.17, 15) is 10.1 Å². The Morgan fingerprint density at radius 3 is 2.46 bits per heavy atom. The fraction of sp³-hybridized carbons (Fsp3) is 0.647. The second-order valence-electron chi connectivity index (χ2n) is 7.12. The average molecular weight is 361 g/mol. The molecule has 2 atom stereocenters. The van der Waals surface area contributed by atoms with Crippen LogP contribution in [0, 0.1) is 10.1 Å². The van der Waals surface area contributed by atoms with Crippen molar-refractivity contribution in [1.29, 1.82) is 0 Å². The van der Waals surface area contributed by atoms with Crippen LogP contribution in [-0.2, 0) is 4.74 Å². The van der Waals surface area contributed by atoms with Gasteiger partial charge in [-0.25, -0.2) is 4.98 Å². The highest BCUT2D eigenvalue weighted by atomic mass is 16.6. The van der Waals surface area contributed by atoms with E-state index in [-0.39, 0.29) is 17.9 Å². The molecule has 2 aromatic heterocycles. The molecule has 2 aliphatic rings. The van der Waals surface area contributed by atoms with Crippen molar-refractivity contribution in [2.24, 2.45) is 0 Å². The summed E-state index contributed by atoms with van der Waals surface area (Å²) in [6.07, 6.45) is 3.32. The molecule has 0 aliphatic carbocycles. The number of nitrogens with zero attached hydrogens (tertiary/aromatic N) is 5. The SMILES string of the molecule is CC1CN(c2nc3nc(N4CCCCC4)c([N+](=O)[O-])cc3o2)CC(C)O1. The average Bonchev–Trinajstić information content (AvgIpc) is 3.03. The molecule has 9 nitrogen and oxygen atoms in total. The molecule has 2 aromatic rings. The maximum atomic E-state index is 11.6. The fourth-order valence-corrected chi connectivity index (χ4v) is 3.78. The summed E-state index contributed by atoms with van der Waals surface area (Å²) in [7, 11) is 0. The highest BCUT2D eigenvalue weighted by Crippen LogP contribution is 2.33. The van der Waals surface area contributed by atoms with Crippen molar-refractivity contribution in [3.63, 3.8) is 0 Å². The van der Waals surface area contributed by atoms with Crippen molar-refractivity contribution in [1.82, 2.24) is 9.97 Å². The van der Waals surface area contributed by atoms with Gasteiger partial charge < -0.3 is 19.0 Å². The van der Waals surface area contributed by atoms with Crippen LogP contribution in [0.25, 0.3) is 11.2 Å². The van der Waals surface area contributed by atoms with Crippen LogP contribution in [0.5, 0.6) is 0 Å². The molecule has 0 amide bonds. The smallest absolute Gasteiger partial charge is 0.315 e. The predicted molar refractivity (Wildman–Crippen MR) is 96.7 cm³/mol. The first-order chi connectivity index (χ1) is 12.5. The largest absolute Gasteiger partial charge is 0.421 e. The first kappa shape index (κ1) is 17.0. The third-order valence-electron chi connectivity index (χ3n) is 4.87. The van der Waals surface area contributed by atoms with Gasteiger partial charge in [0.25, 0.3) is 6.01 Å². The van der Waals surface area contributed by atoms with Gasteiger partial charge in [0.2, 0.25) is 11.5 Å². The van der Waals surface area contributed by atoms with E-state index in [1.54, 1.807) is 0 Å². The van der Waals surface area contributed by atoms with E-state index in [1.807, 2.05) is 23.6 Å². The first-order valence-electron chi connectivity index (χ1n) is 9.12. The number of rotatable bonds is 3. The van der Waals surface area contributed by atoms with Gasteiger partial charge in [0.15, 0.2) is 5.58 Å². The monoisotopic (exact) mass is 361 g/mol. The first-order valence-corrected chi connectivity index (χ1v) is 9.12. The molecule has 140 valence electrons. The molecule has 0 spiro atoms. The molecule has 0 radical (unpaired) electrons. The molecule has 4 rings (SSSR count). The lowest BCUT2D eigenvalue weighted by atomic mass is 10.1. The van der Waals surface area contributed by atoms with Gasteiger partial charge in [-0.2, -0.15) is 4.98 Å². The van der Waals surface area contributed by atoms with Crippen molar-refractivity contribution in [3.8, 4) is 0 Å². The molecule has 2 saturated heterocycles. The lowest BCUT2D eigenvalue weighted by molar-refractivity contribution is -0.384. The van der Waals surface area contributed by atoms with E-state index in [0.717, 1.165) is 32.4 Å². The third-order valence-corrected chi connectivity index (χ3v) is 4.87. The summed E-state index contributed by atoms with van der Waals surface area (Å²) in [5.74, 6) is 0.394. The zero-order valence-electron chi connectivity index (χ0n) is 15.1. The normalized spacial score (nSPS) is 24.2. The molecule has 0 aromatic carbocycles. The van der Waals surface area contributed by atoms with Gasteiger partial charge in [0.05, 0.1) is 23.2 Å². The Morgan fingerprint density at radius 1 is 1.12 bits per heavy atom. The minimum Gasteiger partial charge on any atom is -0.421 e. The van der Waals surface area contributed by atoms with Crippen molar-refractivity contribution in [2.45, 2.75) is 45.3 Å². The topological polar surface area (TPSA) is 97.8 Å². The molecule has 0 bridgehead atoms. The standard InChI is InChI=1S/C17H23N5O4/c1-11-9-21(10-12(2)25-11)17-19-15-14(26-17)8-13(22(23)24)16(18-15)20-6-4-3-5-7-20/h8,11-12H,3-7,9-10H2,1-2H3. The van der Waals surface area contributed by atoms with Crippen molar-refractivity contribution >= 4 is 28.8 Å². The summed E-state index contributed by atoms with van der Waals surface area (Å²) in [5, 5.41) is 11.6. The molecule has 0 N–H and O–H groups in total. The van der Waals surface area contributed by atoms with Crippen LogP contribution in [0.4, 0.5) is 17.5 Å². The van der Waals surface area contributed by atoms with Gasteiger partial charge in [-0.3, -0.25) is 10.1 Å². The van der Waals surface area contributed by atoms with Gasteiger partial charge in [0.1, 0.15) is 0 Å². The number of aromatic nitrogens is 2. The zero-order valence-corrected chi connectivity index (χ0v) is 15.1. The van der Waals surface area contributed by atoms with E-state index in [1.165, 1.54) is 6.07 Å². The summed E-state index contributed by atoms with van der Waals surface area (Å²) in [4.78, 5) is 24.1. The van der Waals surface area contributed by atoms with E-state index in [4.69, 9.17) is 9.15 Å². The maximum Gasteiger partial charge on any atom is 0.315 e. The second kappa shape index (κ2) is 6.71. The quantitative estimate of drug-likeness (QED) is 0.608. The summed E-state index contributed by atoms with van der Waals surface area (Å²) in [6, 6.07) is 1.90. The van der Waals surface area contributed by atoms with Gasteiger partial charge in [-0.15, -0.1) is 0 Å². The van der Waals surface area contributed by atoms with Crippen LogP contribution < -0.4 is 9.80 Å². The van der Waals surface area contributed by atoms with Crippen LogP contribution in [-0.4, -0.2) is 53.3 Å². The number of anilines is 2. The Balaban J connectivity index is 1.72. The summed E-state index contributed by atoms with van der Waals surface area (Å²) < 4.78 is 11.5. The molecular formula is C17H23N5O4. The zero-order chi connectivity index (χ0) is 18.3. The number of oxazole rings is 1. The Labute approximate surface area is 151 Å². The highest BCUT2D eigenvalue weighted by Gasteiger charge is 2.29. The number of hydrogen-bond donors (Lipinski definition) is 0. The van der Waals surface area contributed by atoms with Crippen molar-refractivity contribution in [3.05, 3.63) is 16.2 Å². The Bertz CT molecular complexity index is 807. The van der Waals surface area contributed by atoms with Gasteiger partial charge in [-0.05, 0) is 33.1 Å². The molecule has 2 unspecified atom stereocenters. The van der Waals surface area contributed by atoms with Crippen LogP contribution in [0.2, 0.25) is 0 Å². The van der Waals surface area contributed by atoms with Gasteiger partial charge >= 0.3 is 5.69 Å². The van der Waals surface area contributed by atoms with E-state index < -0.39 is 4.92 Å². The molecule has 2 aliphatic heterocycles. The molecular weight excluding hydrogens is 338 g/mol.